The summed E-state index contributed by atoms with van der Waals surface area (Å²) in [6.45, 7) is 5.89. The van der Waals surface area contributed by atoms with Gasteiger partial charge < -0.3 is 25.6 Å². The summed E-state index contributed by atoms with van der Waals surface area (Å²) in [4.78, 5) is 29.7. The summed E-state index contributed by atoms with van der Waals surface area (Å²) in [6.07, 6.45) is 5.43. The Kier molecular flexibility index (Phi) is 8.27. The smallest absolute Gasteiger partial charge is 0.255 e. The summed E-state index contributed by atoms with van der Waals surface area (Å²) in [6, 6.07) is 12.5. The standard InChI is InChI=1S/C32H36FN9O2/c1-20-27(19-41(3)39-20)37-32-36-18-26(33)30(38-32)25-17-34-29-21(7-6-9-23(25)29)15-22(42-13-11-40(2)12-14-42)16-35-31(44)24-8-4-5-10-28(24)43/h4-10,17-19,22,34,43H,11-16H2,1-3H3,(H,35,44)(H,36,37,38)/t22-/m1/s1. The number of anilines is 2. The van der Waals surface area contributed by atoms with Crippen LogP contribution in [0.15, 0.2) is 61.1 Å². The number of aromatic amines is 1. The molecule has 1 amide bonds. The first-order valence-electron chi connectivity index (χ1n) is 14.6. The molecule has 0 aliphatic carbocycles. The molecule has 6 rings (SSSR count). The van der Waals surface area contributed by atoms with Crippen molar-refractivity contribution in [3.63, 3.8) is 0 Å². The van der Waals surface area contributed by atoms with Crippen molar-refractivity contribution in [3.05, 3.63) is 83.7 Å². The molecular weight excluding hydrogens is 561 g/mol. The number of aromatic nitrogens is 5. The van der Waals surface area contributed by atoms with Crippen molar-refractivity contribution in [2.45, 2.75) is 19.4 Å². The fraction of sp³-hybridized carbons (Fsp3) is 0.312. The van der Waals surface area contributed by atoms with Crippen molar-refractivity contribution >= 4 is 28.4 Å². The number of likely N-dealkylation sites (N-methyl/N-ethyl adjacent to an activating group) is 1. The first-order chi connectivity index (χ1) is 21.3. The van der Waals surface area contributed by atoms with Crippen molar-refractivity contribution < 1.29 is 14.3 Å². The first-order valence-corrected chi connectivity index (χ1v) is 14.6. The highest BCUT2D eigenvalue weighted by Crippen LogP contribution is 2.32. The van der Waals surface area contributed by atoms with E-state index in [1.165, 1.54) is 12.3 Å². The number of para-hydroxylation sites is 2. The predicted octanol–water partition coefficient (Wildman–Crippen LogP) is 3.84. The van der Waals surface area contributed by atoms with E-state index in [0.717, 1.165) is 54.0 Å². The van der Waals surface area contributed by atoms with Crippen LogP contribution in [0.5, 0.6) is 5.75 Å². The van der Waals surface area contributed by atoms with Crippen LogP contribution in [0, 0.1) is 12.7 Å². The van der Waals surface area contributed by atoms with Crippen molar-refractivity contribution in [2.75, 3.05) is 45.1 Å². The van der Waals surface area contributed by atoms with Gasteiger partial charge in [-0.3, -0.25) is 14.4 Å². The summed E-state index contributed by atoms with van der Waals surface area (Å²) in [5.74, 6) is -0.603. The topological polar surface area (TPSA) is 127 Å². The van der Waals surface area contributed by atoms with Crippen LogP contribution in [-0.2, 0) is 13.5 Å². The lowest BCUT2D eigenvalue weighted by molar-refractivity contribution is 0.0884. The summed E-state index contributed by atoms with van der Waals surface area (Å²) >= 11 is 0. The number of nitrogens with zero attached hydrogens (tertiary/aromatic N) is 6. The van der Waals surface area contributed by atoms with Gasteiger partial charge in [-0.05, 0) is 38.1 Å². The lowest BCUT2D eigenvalue weighted by atomic mass is 9.99. The number of benzene rings is 2. The quantitative estimate of drug-likeness (QED) is 0.202. The Balaban J connectivity index is 1.27. The lowest BCUT2D eigenvalue weighted by Gasteiger charge is -2.38. The van der Waals surface area contributed by atoms with Gasteiger partial charge in [0.2, 0.25) is 5.95 Å². The lowest BCUT2D eigenvalue weighted by Crippen LogP contribution is -2.53. The first kappa shape index (κ1) is 29.3. The van der Waals surface area contributed by atoms with E-state index in [9.17, 15) is 9.90 Å². The van der Waals surface area contributed by atoms with Gasteiger partial charge in [-0.15, -0.1) is 0 Å². The van der Waals surface area contributed by atoms with Crippen LogP contribution in [0.2, 0.25) is 0 Å². The van der Waals surface area contributed by atoms with E-state index in [-0.39, 0.29) is 34.9 Å². The number of fused-ring (bicyclic) bond motifs is 1. The number of aryl methyl sites for hydroxylation is 2. The van der Waals surface area contributed by atoms with Crippen LogP contribution in [-0.4, -0.2) is 91.4 Å². The minimum atomic E-state index is -0.521. The number of phenols is 1. The molecule has 4 heterocycles. The van der Waals surface area contributed by atoms with Crippen LogP contribution in [0.25, 0.3) is 22.2 Å². The molecule has 228 valence electrons. The molecule has 0 spiro atoms. The fourth-order valence-corrected chi connectivity index (χ4v) is 5.78. The van der Waals surface area contributed by atoms with Crippen LogP contribution in [0.1, 0.15) is 21.6 Å². The highest BCUT2D eigenvalue weighted by Gasteiger charge is 2.25. The molecule has 2 aromatic carbocycles. The Morgan fingerprint density at radius 2 is 1.91 bits per heavy atom. The Morgan fingerprint density at radius 1 is 1.11 bits per heavy atom. The maximum atomic E-state index is 15.2. The molecule has 4 N–H and O–H groups in total. The fourth-order valence-electron chi connectivity index (χ4n) is 5.78. The normalized spacial score (nSPS) is 15.0. The van der Waals surface area contributed by atoms with E-state index in [0.29, 0.717) is 18.5 Å². The predicted molar refractivity (Wildman–Crippen MR) is 168 cm³/mol. The SMILES string of the molecule is Cc1nn(C)cc1Nc1ncc(F)c(-c2c[nH]c3c(C[C@H](CNC(=O)c4ccccc4O)N4CCN(C)CC4)cccc23)n1. The maximum Gasteiger partial charge on any atom is 0.255 e. The van der Waals surface area contributed by atoms with E-state index < -0.39 is 5.82 Å². The van der Waals surface area contributed by atoms with E-state index in [1.807, 2.05) is 32.3 Å². The zero-order valence-corrected chi connectivity index (χ0v) is 25.0. The number of hydrogen-bond donors (Lipinski definition) is 4. The molecule has 1 fully saturated rings. The van der Waals surface area contributed by atoms with Gasteiger partial charge >= 0.3 is 0 Å². The van der Waals surface area contributed by atoms with E-state index in [4.69, 9.17) is 0 Å². The summed E-state index contributed by atoms with van der Waals surface area (Å²) in [7, 11) is 3.94. The van der Waals surface area contributed by atoms with Gasteiger partial charge in [0.1, 0.15) is 11.4 Å². The Labute approximate surface area is 254 Å². The third kappa shape index (κ3) is 6.12. The maximum absolute atomic E-state index is 15.2. The molecule has 3 aromatic heterocycles. The number of piperazine rings is 1. The summed E-state index contributed by atoms with van der Waals surface area (Å²) in [5, 5.41) is 21.5. The molecule has 0 radical (unpaired) electrons. The molecule has 12 heteroatoms. The van der Waals surface area contributed by atoms with Crippen molar-refractivity contribution in [3.8, 4) is 17.0 Å². The van der Waals surface area contributed by atoms with Gasteiger partial charge in [-0.1, -0.05) is 30.3 Å². The van der Waals surface area contributed by atoms with Crippen LogP contribution < -0.4 is 10.6 Å². The number of amides is 1. The van der Waals surface area contributed by atoms with Gasteiger partial charge in [-0.2, -0.15) is 5.10 Å². The highest BCUT2D eigenvalue weighted by atomic mass is 19.1. The van der Waals surface area contributed by atoms with Gasteiger partial charge in [0.25, 0.3) is 5.91 Å². The average Bonchev–Trinajstić information content (AvgIpc) is 3.59. The van der Waals surface area contributed by atoms with Crippen molar-refractivity contribution in [2.24, 2.45) is 7.05 Å². The van der Waals surface area contributed by atoms with Crippen LogP contribution in [0.4, 0.5) is 16.0 Å². The number of rotatable bonds is 9. The third-order valence-electron chi connectivity index (χ3n) is 8.22. The molecular formula is C32H36FN9O2. The monoisotopic (exact) mass is 597 g/mol. The Hall–Kier alpha value is -4.81. The molecule has 1 aliphatic heterocycles. The second-order valence-electron chi connectivity index (χ2n) is 11.3. The third-order valence-corrected chi connectivity index (χ3v) is 8.22. The number of phenolic OH excluding ortho intramolecular Hbond substituents is 1. The van der Waals surface area contributed by atoms with E-state index in [1.54, 1.807) is 29.1 Å². The van der Waals surface area contributed by atoms with Crippen LogP contribution >= 0.6 is 0 Å². The Morgan fingerprint density at radius 3 is 2.66 bits per heavy atom. The number of carbonyl (C=O) groups is 1. The van der Waals surface area contributed by atoms with Gasteiger partial charge in [-0.25, -0.2) is 14.4 Å². The molecule has 1 atom stereocenters. The molecule has 1 aliphatic rings. The zero-order chi connectivity index (χ0) is 30.8. The number of halogens is 1. The number of nitrogens with one attached hydrogen (secondary N) is 3. The minimum absolute atomic E-state index is 0.00478. The van der Waals surface area contributed by atoms with Crippen molar-refractivity contribution in [1.82, 2.24) is 39.8 Å². The molecule has 11 nitrogen and oxygen atoms in total. The largest absolute Gasteiger partial charge is 0.507 e. The van der Waals surface area contributed by atoms with Gasteiger partial charge in [0, 0.05) is 74.7 Å². The molecule has 1 saturated heterocycles. The number of aromatic hydroxyl groups is 1. The second-order valence-corrected chi connectivity index (χ2v) is 11.3. The van der Waals surface area contributed by atoms with E-state index >= 15 is 4.39 Å². The zero-order valence-electron chi connectivity index (χ0n) is 25.0. The van der Waals surface area contributed by atoms with Crippen molar-refractivity contribution in [1.29, 1.82) is 0 Å². The van der Waals surface area contributed by atoms with Gasteiger partial charge in [0.15, 0.2) is 5.82 Å². The number of carbonyl (C=O) groups excluding carboxylic acids is 1. The van der Waals surface area contributed by atoms with Crippen LogP contribution in [0.3, 0.4) is 0 Å². The number of hydrogen-bond acceptors (Lipinski definition) is 8. The molecule has 44 heavy (non-hydrogen) atoms. The minimum Gasteiger partial charge on any atom is -0.507 e. The molecule has 0 saturated carbocycles. The van der Waals surface area contributed by atoms with E-state index in [2.05, 4.69) is 53.6 Å². The average molecular weight is 598 g/mol. The second kappa shape index (κ2) is 12.4. The molecule has 5 aromatic rings. The summed E-state index contributed by atoms with van der Waals surface area (Å²) in [5.41, 5.74) is 4.55. The van der Waals surface area contributed by atoms with Gasteiger partial charge in [0.05, 0.1) is 23.1 Å². The Bertz CT molecular complexity index is 1790. The molecule has 0 bridgehead atoms. The highest BCUT2D eigenvalue weighted by molar-refractivity contribution is 5.97. The number of H-pyrrole nitrogens is 1. The summed E-state index contributed by atoms with van der Waals surface area (Å²) < 4.78 is 16.9. The molecule has 0 unspecified atom stereocenters.